The van der Waals surface area contributed by atoms with E-state index in [1.54, 1.807) is 30.9 Å². The fourth-order valence-corrected chi connectivity index (χ4v) is 4.82. The molecular formula is C21H30N2O5S. The average Bonchev–Trinajstić information content (AvgIpc) is 2.71. The Kier molecular flexibility index (Phi) is 8.40. The van der Waals surface area contributed by atoms with Gasteiger partial charge in [0, 0.05) is 31.8 Å². The molecule has 1 aromatic carbocycles. The van der Waals surface area contributed by atoms with Crippen molar-refractivity contribution in [2.24, 2.45) is 0 Å². The molecule has 1 aromatic rings. The van der Waals surface area contributed by atoms with Gasteiger partial charge in [-0.05, 0) is 50.0 Å². The van der Waals surface area contributed by atoms with Crippen molar-refractivity contribution in [2.45, 2.75) is 51.0 Å². The minimum atomic E-state index is -3.51. The van der Waals surface area contributed by atoms with E-state index in [0.29, 0.717) is 25.2 Å². The van der Waals surface area contributed by atoms with Gasteiger partial charge < -0.3 is 9.64 Å². The van der Waals surface area contributed by atoms with E-state index >= 15 is 0 Å². The number of hydrogen-bond donors (Lipinski definition) is 0. The predicted octanol–water partition coefficient (Wildman–Crippen LogP) is 2.67. The van der Waals surface area contributed by atoms with Gasteiger partial charge in [-0.15, -0.1) is 0 Å². The molecule has 8 heteroatoms. The van der Waals surface area contributed by atoms with Gasteiger partial charge in [0.25, 0.3) is 5.91 Å². The lowest BCUT2D eigenvalue weighted by atomic mass is 10.0. The van der Waals surface area contributed by atoms with Crippen molar-refractivity contribution >= 4 is 28.0 Å². The molecule has 1 saturated heterocycles. The fraction of sp³-hybridized carbons (Fsp3) is 0.524. The van der Waals surface area contributed by atoms with Crippen LogP contribution in [0.5, 0.6) is 0 Å². The number of esters is 1. The van der Waals surface area contributed by atoms with E-state index in [-0.39, 0.29) is 23.5 Å². The van der Waals surface area contributed by atoms with Gasteiger partial charge in [0.05, 0.1) is 4.90 Å². The van der Waals surface area contributed by atoms with Crippen LogP contribution in [0.4, 0.5) is 0 Å². The number of ether oxygens (including phenoxy) is 1. The topological polar surface area (TPSA) is 84.0 Å². The minimum Gasteiger partial charge on any atom is -0.452 e. The molecule has 1 amide bonds. The van der Waals surface area contributed by atoms with Gasteiger partial charge in [-0.1, -0.05) is 26.0 Å². The summed E-state index contributed by atoms with van der Waals surface area (Å²) in [7, 11) is -3.51. The second-order valence-electron chi connectivity index (χ2n) is 7.03. The lowest BCUT2D eigenvalue weighted by Gasteiger charge is -2.33. The lowest BCUT2D eigenvalue weighted by molar-refractivity contribution is -0.149. The zero-order valence-electron chi connectivity index (χ0n) is 17.3. The summed E-state index contributed by atoms with van der Waals surface area (Å²) in [5.41, 5.74) is 0.663. The van der Waals surface area contributed by atoms with Crippen molar-refractivity contribution in [3.05, 3.63) is 35.9 Å². The maximum Gasteiger partial charge on any atom is 0.331 e. The Bertz CT molecular complexity index is 829. The van der Waals surface area contributed by atoms with Crippen LogP contribution in [0.25, 0.3) is 6.08 Å². The molecule has 0 aromatic heterocycles. The Balaban J connectivity index is 1.91. The molecule has 1 aliphatic rings. The molecule has 0 N–H and O–H groups in total. The van der Waals surface area contributed by atoms with Gasteiger partial charge in [0.1, 0.15) is 0 Å². The first kappa shape index (κ1) is 23.1. The van der Waals surface area contributed by atoms with Crippen LogP contribution >= 0.6 is 0 Å². The first-order chi connectivity index (χ1) is 13.8. The summed E-state index contributed by atoms with van der Waals surface area (Å²) in [6.07, 6.45) is 5.83. The molecule has 0 unspecified atom stereocenters. The highest BCUT2D eigenvalue weighted by atomic mass is 32.2. The van der Waals surface area contributed by atoms with Crippen LogP contribution in [0.3, 0.4) is 0 Å². The monoisotopic (exact) mass is 422 g/mol. The van der Waals surface area contributed by atoms with Crippen LogP contribution in [0.15, 0.2) is 35.2 Å². The van der Waals surface area contributed by atoms with E-state index < -0.39 is 16.0 Å². The summed E-state index contributed by atoms with van der Waals surface area (Å²) >= 11 is 0. The Hall–Kier alpha value is -2.19. The van der Waals surface area contributed by atoms with Crippen LogP contribution in [0.2, 0.25) is 0 Å². The second-order valence-corrected chi connectivity index (χ2v) is 8.97. The van der Waals surface area contributed by atoms with Crippen LogP contribution in [0, 0.1) is 0 Å². The number of piperidine rings is 1. The fourth-order valence-electron chi connectivity index (χ4n) is 3.36. The van der Waals surface area contributed by atoms with Crippen molar-refractivity contribution in [1.29, 1.82) is 0 Å². The molecule has 1 aliphatic heterocycles. The third-order valence-corrected chi connectivity index (χ3v) is 7.16. The van der Waals surface area contributed by atoms with Gasteiger partial charge in [0.15, 0.2) is 6.61 Å². The SMILES string of the molecule is CCN(CC)S(=O)(=O)c1ccc(/C=C/C(=O)OCC(=O)N2CCCC[C@@H]2C)cc1. The first-order valence-electron chi connectivity index (χ1n) is 10.0. The number of carbonyl (C=O) groups excluding carboxylic acids is 2. The van der Waals surface area contributed by atoms with Crippen LogP contribution in [-0.4, -0.2) is 61.8 Å². The van der Waals surface area contributed by atoms with E-state index in [9.17, 15) is 18.0 Å². The molecule has 1 fully saturated rings. The molecule has 0 bridgehead atoms. The molecule has 1 atom stereocenters. The van der Waals surface area contributed by atoms with Gasteiger partial charge in [0.2, 0.25) is 10.0 Å². The van der Waals surface area contributed by atoms with Crippen LogP contribution in [0.1, 0.15) is 45.6 Å². The smallest absolute Gasteiger partial charge is 0.331 e. The largest absolute Gasteiger partial charge is 0.452 e. The van der Waals surface area contributed by atoms with Crippen molar-refractivity contribution in [1.82, 2.24) is 9.21 Å². The summed E-state index contributed by atoms with van der Waals surface area (Å²) in [5, 5.41) is 0. The molecule has 7 nitrogen and oxygen atoms in total. The van der Waals surface area contributed by atoms with E-state index in [1.165, 1.54) is 28.6 Å². The molecule has 0 saturated carbocycles. The summed E-state index contributed by atoms with van der Waals surface area (Å²) in [6.45, 7) is 6.83. The van der Waals surface area contributed by atoms with Crippen LogP contribution < -0.4 is 0 Å². The first-order valence-corrected chi connectivity index (χ1v) is 11.5. The van der Waals surface area contributed by atoms with Crippen LogP contribution in [-0.2, 0) is 24.3 Å². The number of sulfonamides is 1. The van der Waals surface area contributed by atoms with Gasteiger partial charge in [-0.25, -0.2) is 13.2 Å². The Morgan fingerprint density at radius 2 is 1.83 bits per heavy atom. The summed E-state index contributed by atoms with van der Waals surface area (Å²) in [4.78, 5) is 26.1. The summed E-state index contributed by atoms with van der Waals surface area (Å²) in [6, 6.07) is 6.46. The lowest BCUT2D eigenvalue weighted by Crippen LogP contribution is -2.44. The highest BCUT2D eigenvalue weighted by Gasteiger charge is 2.24. The van der Waals surface area contributed by atoms with Crippen molar-refractivity contribution in [2.75, 3.05) is 26.2 Å². The molecule has 29 heavy (non-hydrogen) atoms. The summed E-state index contributed by atoms with van der Waals surface area (Å²) in [5.74, 6) is -0.784. The quantitative estimate of drug-likeness (QED) is 0.475. The second kappa shape index (κ2) is 10.5. The number of rotatable bonds is 8. The maximum absolute atomic E-state index is 12.5. The Morgan fingerprint density at radius 3 is 2.41 bits per heavy atom. The van der Waals surface area contributed by atoms with E-state index in [0.717, 1.165) is 19.3 Å². The molecule has 0 aliphatic carbocycles. The van der Waals surface area contributed by atoms with Gasteiger partial charge in [-0.3, -0.25) is 4.79 Å². The molecule has 160 valence electrons. The van der Waals surface area contributed by atoms with Crippen molar-refractivity contribution < 1.29 is 22.7 Å². The highest BCUT2D eigenvalue weighted by molar-refractivity contribution is 7.89. The summed E-state index contributed by atoms with van der Waals surface area (Å²) < 4.78 is 31.4. The zero-order chi connectivity index (χ0) is 21.4. The molecule has 0 radical (unpaired) electrons. The van der Waals surface area contributed by atoms with Crippen molar-refractivity contribution in [3.63, 3.8) is 0 Å². The number of amides is 1. The predicted molar refractivity (Wildman–Crippen MR) is 112 cm³/mol. The normalized spacial score (nSPS) is 17.7. The molecule has 2 rings (SSSR count). The zero-order valence-corrected chi connectivity index (χ0v) is 18.2. The van der Waals surface area contributed by atoms with E-state index in [2.05, 4.69) is 0 Å². The van der Waals surface area contributed by atoms with E-state index in [1.807, 2.05) is 6.92 Å². The number of benzene rings is 1. The van der Waals surface area contributed by atoms with Gasteiger partial charge >= 0.3 is 5.97 Å². The Labute approximate surface area is 173 Å². The average molecular weight is 423 g/mol. The van der Waals surface area contributed by atoms with Crippen molar-refractivity contribution in [3.8, 4) is 0 Å². The Morgan fingerprint density at radius 1 is 1.17 bits per heavy atom. The maximum atomic E-state index is 12.5. The third-order valence-electron chi connectivity index (χ3n) is 5.10. The number of carbonyl (C=O) groups is 2. The minimum absolute atomic E-state index is 0.176. The number of likely N-dealkylation sites (tertiary alicyclic amines) is 1. The standard InChI is InChI=1S/C21H30N2O5S/c1-4-22(5-2)29(26,27)19-12-9-18(10-13-19)11-14-21(25)28-16-20(24)23-15-7-6-8-17(23)3/h9-14,17H,4-8,15-16H2,1-3H3/b14-11+/t17-/m0/s1. The highest BCUT2D eigenvalue weighted by Crippen LogP contribution is 2.17. The van der Waals surface area contributed by atoms with Gasteiger partial charge in [-0.2, -0.15) is 4.31 Å². The molecular weight excluding hydrogens is 392 g/mol. The molecule has 1 heterocycles. The third kappa shape index (κ3) is 6.14. The number of hydrogen-bond acceptors (Lipinski definition) is 5. The number of nitrogens with zero attached hydrogens (tertiary/aromatic N) is 2. The molecule has 0 spiro atoms. The van der Waals surface area contributed by atoms with E-state index in [4.69, 9.17) is 4.74 Å².